The molecule has 0 fully saturated rings. The van der Waals surface area contributed by atoms with Gasteiger partial charge in [-0.25, -0.2) is 9.69 Å². The van der Waals surface area contributed by atoms with E-state index in [2.05, 4.69) is 0 Å². The third-order valence-electron chi connectivity index (χ3n) is 2.12. The van der Waals surface area contributed by atoms with E-state index in [1.54, 1.807) is 0 Å². The molecule has 1 aromatic rings. The SMILES string of the molecule is Cc1cccc(C)c1N(C(=N)N)C(N)=O. The van der Waals surface area contributed by atoms with Crippen LogP contribution >= 0.6 is 0 Å². The average molecular weight is 206 g/mol. The number of carbonyl (C=O) groups is 1. The van der Waals surface area contributed by atoms with Crippen molar-refractivity contribution >= 4 is 17.7 Å². The quantitative estimate of drug-likeness (QED) is 0.473. The largest absolute Gasteiger partial charge is 0.369 e. The van der Waals surface area contributed by atoms with Crippen molar-refractivity contribution in [2.45, 2.75) is 13.8 Å². The van der Waals surface area contributed by atoms with Gasteiger partial charge in [-0.05, 0) is 25.0 Å². The first kappa shape index (κ1) is 11.0. The van der Waals surface area contributed by atoms with Gasteiger partial charge in [0.1, 0.15) is 0 Å². The number of amides is 2. The normalized spacial score (nSPS) is 9.73. The summed E-state index contributed by atoms with van der Waals surface area (Å²) in [6.07, 6.45) is 0. The molecule has 1 aromatic carbocycles. The Labute approximate surface area is 88.2 Å². The number of para-hydroxylation sites is 1. The summed E-state index contributed by atoms with van der Waals surface area (Å²) in [5.41, 5.74) is 12.8. The van der Waals surface area contributed by atoms with Crippen molar-refractivity contribution in [3.05, 3.63) is 29.3 Å². The molecule has 0 bridgehead atoms. The first-order valence-electron chi connectivity index (χ1n) is 4.45. The van der Waals surface area contributed by atoms with Crippen LogP contribution in [0.1, 0.15) is 11.1 Å². The van der Waals surface area contributed by atoms with Gasteiger partial charge in [-0.1, -0.05) is 18.2 Å². The maximum atomic E-state index is 11.2. The fourth-order valence-electron chi connectivity index (χ4n) is 1.51. The number of nitrogens with two attached hydrogens (primary N) is 2. The van der Waals surface area contributed by atoms with Crippen LogP contribution in [-0.2, 0) is 0 Å². The molecular formula is C10H14N4O. The zero-order valence-corrected chi connectivity index (χ0v) is 8.74. The number of anilines is 1. The second-order valence-corrected chi connectivity index (χ2v) is 3.30. The Bertz CT molecular complexity index is 380. The number of hydrogen-bond acceptors (Lipinski definition) is 2. The molecule has 0 radical (unpaired) electrons. The molecule has 0 saturated heterocycles. The van der Waals surface area contributed by atoms with Gasteiger partial charge in [-0.2, -0.15) is 0 Å². The van der Waals surface area contributed by atoms with Gasteiger partial charge in [-0.3, -0.25) is 5.41 Å². The minimum absolute atomic E-state index is 0.375. The summed E-state index contributed by atoms with van der Waals surface area (Å²) in [5, 5.41) is 7.32. The number of carbonyl (C=O) groups excluding carboxylic acids is 1. The fourth-order valence-corrected chi connectivity index (χ4v) is 1.51. The van der Waals surface area contributed by atoms with Crippen molar-refractivity contribution in [1.82, 2.24) is 0 Å². The Morgan fingerprint density at radius 3 is 2.07 bits per heavy atom. The van der Waals surface area contributed by atoms with Gasteiger partial charge in [-0.15, -0.1) is 0 Å². The molecule has 1 rings (SSSR count). The molecule has 5 heteroatoms. The van der Waals surface area contributed by atoms with Gasteiger partial charge in [0.15, 0.2) is 0 Å². The maximum Gasteiger partial charge on any atom is 0.326 e. The Kier molecular flexibility index (Phi) is 2.94. The van der Waals surface area contributed by atoms with E-state index in [1.165, 1.54) is 0 Å². The number of guanidine groups is 1. The predicted molar refractivity (Wildman–Crippen MR) is 59.9 cm³/mol. The van der Waals surface area contributed by atoms with Crippen molar-refractivity contribution in [3.63, 3.8) is 0 Å². The summed E-state index contributed by atoms with van der Waals surface area (Å²) < 4.78 is 0. The Morgan fingerprint density at radius 2 is 1.73 bits per heavy atom. The number of urea groups is 1. The number of benzene rings is 1. The number of nitrogens with one attached hydrogen (secondary N) is 1. The van der Waals surface area contributed by atoms with Crippen LogP contribution in [0, 0.1) is 19.3 Å². The summed E-state index contributed by atoms with van der Waals surface area (Å²) in [7, 11) is 0. The molecule has 0 unspecified atom stereocenters. The molecule has 0 heterocycles. The number of aryl methyl sites for hydroxylation is 2. The highest BCUT2D eigenvalue weighted by atomic mass is 16.2. The van der Waals surface area contributed by atoms with Gasteiger partial charge >= 0.3 is 6.03 Å². The first-order chi connectivity index (χ1) is 6.95. The lowest BCUT2D eigenvalue weighted by molar-refractivity contribution is 0.256. The van der Waals surface area contributed by atoms with Crippen LogP contribution in [0.4, 0.5) is 10.5 Å². The summed E-state index contributed by atoms with van der Waals surface area (Å²) in [5.74, 6) is -0.375. The maximum absolute atomic E-state index is 11.2. The lowest BCUT2D eigenvalue weighted by Gasteiger charge is -2.22. The summed E-state index contributed by atoms with van der Waals surface area (Å²) in [4.78, 5) is 12.2. The number of nitrogens with zero attached hydrogens (tertiary/aromatic N) is 1. The summed E-state index contributed by atoms with van der Waals surface area (Å²) in [6.45, 7) is 3.67. The molecule has 0 spiro atoms. The minimum Gasteiger partial charge on any atom is -0.369 e. The van der Waals surface area contributed by atoms with Gasteiger partial charge in [0.2, 0.25) is 5.96 Å². The first-order valence-corrected chi connectivity index (χ1v) is 4.45. The van der Waals surface area contributed by atoms with E-state index < -0.39 is 6.03 Å². The third kappa shape index (κ3) is 2.07. The Hall–Kier alpha value is -2.04. The molecule has 0 aliphatic rings. The molecule has 15 heavy (non-hydrogen) atoms. The molecule has 5 N–H and O–H groups in total. The van der Waals surface area contributed by atoms with Gasteiger partial charge in [0, 0.05) is 0 Å². The van der Waals surface area contributed by atoms with E-state index in [1.807, 2.05) is 32.0 Å². The fraction of sp³-hybridized carbons (Fsp3) is 0.200. The van der Waals surface area contributed by atoms with Gasteiger partial charge in [0.05, 0.1) is 5.69 Å². The van der Waals surface area contributed by atoms with E-state index in [9.17, 15) is 4.79 Å². The zero-order chi connectivity index (χ0) is 11.6. The number of primary amides is 1. The zero-order valence-electron chi connectivity index (χ0n) is 8.74. The predicted octanol–water partition coefficient (Wildman–Crippen LogP) is 1.08. The number of hydrogen-bond donors (Lipinski definition) is 3. The highest BCUT2D eigenvalue weighted by Crippen LogP contribution is 2.23. The topological polar surface area (TPSA) is 96.2 Å². The lowest BCUT2D eigenvalue weighted by atomic mass is 10.1. The van der Waals surface area contributed by atoms with Gasteiger partial charge in [0.25, 0.3) is 0 Å². The van der Waals surface area contributed by atoms with Crippen LogP contribution in [0.2, 0.25) is 0 Å². The van der Waals surface area contributed by atoms with Crippen molar-refractivity contribution in [3.8, 4) is 0 Å². The van der Waals surface area contributed by atoms with Crippen LogP contribution < -0.4 is 16.4 Å². The van der Waals surface area contributed by atoms with Crippen LogP contribution in [-0.4, -0.2) is 12.0 Å². The molecule has 2 amide bonds. The van der Waals surface area contributed by atoms with Crippen molar-refractivity contribution in [2.24, 2.45) is 11.5 Å². The molecule has 0 aliphatic carbocycles. The molecular weight excluding hydrogens is 192 g/mol. The molecule has 80 valence electrons. The molecule has 0 aliphatic heterocycles. The molecule has 0 saturated carbocycles. The second-order valence-electron chi connectivity index (χ2n) is 3.30. The Balaban J connectivity index is 3.35. The molecule has 0 aromatic heterocycles. The van der Waals surface area contributed by atoms with Crippen molar-refractivity contribution in [1.29, 1.82) is 5.41 Å². The summed E-state index contributed by atoms with van der Waals surface area (Å²) in [6, 6.07) is 4.79. The monoisotopic (exact) mass is 206 g/mol. The van der Waals surface area contributed by atoms with Crippen LogP contribution in [0.15, 0.2) is 18.2 Å². The van der Waals surface area contributed by atoms with E-state index in [4.69, 9.17) is 16.9 Å². The average Bonchev–Trinajstić information content (AvgIpc) is 2.09. The summed E-state index contributed by atoms with van der Waals surface area (Å²) >= 11 is 0. The standard InChI is InChI=1S/C10H14N4O/c1-6-4-3-5-7(2)8(6)14(9(11)12)10(13)15/h3-5H,1-2H3,(H3,11,12)(H2,13,15). The van der Waals surface area contributed by atoms with E-state index in [0.29, 0.717) is 5.69 Å². The second kappa shape index (κ2) is 4.00. The van der Waals surface area contributed by atoms with Crippen LogP contribution in [0.5, 0.6) is 0 Å². The number of rotatable bonds is 1. The third-order valence-corrected chi connectivity index (χ3v) is 2.12. The van der Waals surface area contributed by atoms with E-state index in [-0.39, 0.29) is 5.96 Å². The van der Waals surface area contributed by atoms with Crippen LogP contribution in [0.25, 0.3) is 0 Å². The van der Waals surface area contributed by atoms with E-state index in [0.717, 1.165) is 16.0 Å². The van der Waals surface area contributed by atoms with E-state index >= 15 is 0 Å². The molecule has 5 nitrogen and oxygen atoms in total. The van der Waals surface area contributed by atoms with Crippen molar-refractivity contribution < 1.29 is 4.79 Å². The molecule has 0 atom stereocenters. The Morgan fingerprint density at radius 1 is 1.27 bits per heavy atom. The smallest absolute Gasteiger partial charge is 0.326 e. The lowest BCUT2D eigenvalue weighted by Crippen LogP contribution is -2.45. The van der Waals surface area contributed by atoms with Crippen LogP contribution in [0.3, 0.4) is 0 Å². The highest BCUT2D eigenvalue weighted by molar-refractivity contribution is 6.14. The van der Waals surface area contributed by atoms with Gasteiger partial charge < -0.3 is 11.5 Å². The van der Waals surface area contributed by atoms with Crippen molar-refractivity contribution in [2.75, 3.05) is 4.90 Å². The highest BCUT2D eigenvalue weighted by Gasteiger charge is 2.19. The minimum atomic E-state index is -0.750.